The third-order valence-corrected chi connectivity index (χ3v) is 5.86. The van der Waals surface area contributed by atoms with Gasteiger partial charge in [0.05, 0.1) is 25.2 Å². The van der Waals surface area contributed by atoms with Crippen molar-refractivity contribution in [2.24, 2.45) is 0 Å². The molecule has 0 spiro atoms. The molecule has 1 fully saturated rings. The third-order valence-electron chi connectivity index (χ3n) is 5.86. The van der Waals surface area contributed by atoms with Crippen LogP contribution in [0.2, 0.25) is 0 Å². The summed E-state index contributed by atoms with van der Waals surface area (Å²) >= 11 is 0. The van der Waals surface area contributed by atoms with Crippen molar-refractivity contribution in [3.8, 4) is 0 Å². The summed E-state index contributed by atoms with van der Waals surface area (Å²) in [5.41, 5.74) is 2.18. The topological polar surface area (TPSA) is 65.0 Å². The second-order valence-electron chi connectivity index (χ2n) is 8.80. The number of hydrogen-bond acceptors (Lipinski definition) is 4. The Morgan fingerprint density at radius 3 is 1.70 bits per heavy atom. The first-order valence-electron chi connectivity index (χ1n) is 11.3. The van der Waals surface area contributed by atoms with Crippen LogP contribution in [0.3, 0.4) is 0 Å². The van der Waals surface area contributed by atoms with Crippen LogP contribution in [-0.4, -0.2) is 35.7 Å². The van der Waals surface area contributed by atoms with E-state index >= 15 is 0 Å². The van der Waals surface area contributed by atoms with Gasteiger partial charge >= 0.3 is 5.97 Å². The summed E-state index contributed by atoms with van der Waals surface area (Å²) in [6, 6.07) is 30.5. The van der Waals surface area contributed by atoms with Gasteiger partial charge in [-0.2, -0.15) is 0 Å². The molecule has 1 N–H and O–H groups in total. The van der Waals surface area contributed by atoms with Gasteiger partial charge in [0.1, 0.15) is 5.60 Å². The lowest BCUT2D eigenvalue weighted by atomic mass is 9.80. The maximum atomic E-state index is 11.3. The standard InChI is InChI=1S/C28H30O5/c1-27(2)32-24(19-26(29)30)18-25(33-27)20-31-28(21-12-6-3-7-13-21,22-14-8-4-9-15-22)23-16-10-5-11-17-23/h3-17,24-25H,18-20H2,1-2H3,(H,29,30)/t24-,25+/m1/s1. The molecule has 1 aliphatic rings. The minimum Gasteiger partial charge on any atom is -0.481 e. The van der Waals surface area contributed by atoms with Gasteiger partial charge in [-0.05, 0) is 30.5 Å². The fourth-order valence-corrected chi connectivity index (χ4v) is 4.63. The molecular weight excluding hydrogens is 416 g/mol. The molecule has 3 aromatic carbocycles. The molecule has 1 saturated heterocycles. The first kappa shape index (κ1) is 23.2. The van der Waals surface area contributed by atoms with Gasteiger partial charge in [-0.1, -0.05) is 91.0 Å². The predicted octanol–water partition coefficient (Wildman–Crippen LogP) is 5.38. The van der Waals surface area contributed by atoms with E-state index in [0.29, 0.717) is 6.42 Å². The highest BCUT2D eigenvalue weighted by molar-refractivity contribution is 5.67. The Morgan fingerprint density at radius 2 is 1.27 bits per heavy atom. The van der Waals surface area contributed by atoms with E-state index in [4.69, 9.17) is 14.2 Å². The van der Waals surface area contributed by atoms with Crippen LogP contribution in [0.1, 0.15) is 43.4 Å². The van der Waals surface area contributed by atoms with E-state index in [0.717, 1.165) is 16.7 Å². The lowest BCUT2D eigenvalue weighted by molar-refractivity contribution is -0.308. The van der Waals surface area contributed by atoms with E-state index in [-0.39, 0.29) is 19.1 Å². The first-order chi connectivity index (χ1) is 15.9. The zero-order chi connectivity index (χ0) is 23.3. The lowest BCUT2D eigenvalue weighted by Gasteiger charge is -2.42. The average Bonchev–Trinajstić information content (AvgIpc) is 2.80. The van der Waals surface area contributed by atoms with Crippen molar-refractivity contribution in [2.75, 3.05) is 6.61 Å². The number of ether oxygens (including phenoxy) is 3. The number of carboxylic acids is 1. The van der Waals surface area contributed by atoms with Crippen molar-refractivity contribution in [3.63, 3.8) is 0 Å². The van der Waals surface area contributed by atoms with E-state index in [2.05, 4.69) is 36.4 Å². The van der Waals surface area contributed by atoms with Gasteiger partial charge in [0.15, 0.2) is 5.79 Å². The summed E-state index contributed by atoms with van der Waals surface area (Å²) in [7, 11) is 0. The largest absolute Gasteiger partial charge is 0.481 e. The molecule has 0 radical (unpaired) electrons. The van der Waals surface area contributed by atoms with Crippen LogP contribution in [0.15, 0.2) is 91.0 Å². The molecule has 0 aromatic heterocycles. The molecule has 3 aromatic rings. The quantitative estimate of drug-likeness (QED) is 0.471. The molecule has 4 rings (SSSR count). The third kappa shape index (κ3) is 5.33. The van der Waals surface area contributed by atoms with E-state index in [1.54, 1.807) is 0 Å². The number of rotatable bonds is 8. The number of carboxylic acid groups (broad SMARTS) is 1. The fourth-order valence-electron chi connectivity index (χ4n) is 4.63. The SMILES string of the molecule is CC1(C)O[C@H](COC(c2ccccc2)(c2ccccc2)c2ccccc2)C[C@H](CC(=O)O)O1. The van der Waals surface area contributed by atoms with Gasteiger partial charge in [-0.25, -0.2) is 0 Å². The van der Waals surface area contributed by atoms with Crippen molar-refractivity contribution in [3.05, 3.63) is 108 Å². The monoisotopic (exact) mass is 446 g/mol. The van der Waals surface area contributed by atoms with E-state index in [9.17, 15) is 9.90 Å². The Balaban J connectivity index is 1.72. The maximum absolute atomic E-state index is 11.3. The van der Waals surface area contributed by atoms with Gasteiger partial charge in [0, 0.05) is 6.42 Å². The predicted molar refractivity (Wildman–Crippen MR) is 126 cm³/mol. The molecule has 1 aliphatic heterocycles. The molecule has 0 bridgehead atoms. The van der Waals surface area contributed by atoms with Crippen LogP contribution in [0.25, 0.3) is 0 Å². The van der Waals surface area contributed by atoms with Gasteiger partial charge in [0.25, 0.3) is 0 Å². The second-order valence-corrected chi connectivity index (χ2v) is 8.80. The normalized spacial score (nSPS) is 20.3. The van der Waals surface area contributed by atoms with Crippen molar-refractivity contribution >= 4 is 5.97 Å². The smallest absolute Gasteiger partial charge is 0.305 e. The molecule has 0 amide bonds. The Kier molecular flexibility index (Phi) is 6.94. The van der Waals surface area contributed by atoms with Crippen LogP contribution in [0.4, 0.5) is 0 Å². The van der Waals surface area contributed by atoms with Crippen LogP contribution in [0, 0.1) is 0 Å². The average molecular weight is 447 g/mol. The van der Waals surface area contributed by atoms with Gasteiger partial charge in [-0.15, -0.1) is 0 Å². The Bertz CT molecular complexity index is 937. The summed E-state index contributed by atoms with van der Waals surface area (Å²) in [5, 5.41) is 9.28. The summed E-state index contributed by atoms with van der Waals surface area (Å²) in [6.45, 7) is 3.90. The molecule has 5 heteroatoms. The van der Waals surface area contributed by atoms with Crippen LogP contribution in [-0.2, 0) is 24.6 Å². The number of aliphatic carboxylic acids is 1. The van der Waals surface area contributed by atoms with Crippen LogP contribution < -0.4 is 0 Å². The minimum absolute atomic E-state index is 0.0650. The van der Waals surface area contributed by atoms with Crippen LogP contribution >= 0.6 is 0 Å². The molecule has 5 nitrogen and oxygen atoms in total. The summed E-state index contributed by atoms with van der Waals surface area (Å²) < 4.78 is 18.8. The number of benzene rings is 3. The first-order valence-corrected chi connectivity index (χ1v) is 11.3. The number of carbonyl (C=O) groups is 1. The number of hydrogen-bond donors (Lipinski definition) is 1. The Labute approximate surface area is 194 Å². The highest BCUT2D eigenvalue weighted by Gasteiger charge is 2.41. The molecule has 1 heterocycles. The zero-order valence-corrected chi connectivity index (χ0v) is 19.0. The van der Waals surface area contributed by atoms with Gasteiger partial charge < -0.3 is 19.3 Å². The molecule has 2 atom stereocenters. The van der Waals surface area contributed by atoms with Gasteiger partial charge in [-0.3, -0.25) is 4.79 Å². The second kappa shape index (κ2) is 9.87. The molecule has 33 heavy (non-hydrogen) atoms. The molecular formula is C28H30O5. The van der Waals surface area contributed by atoms with E-state index in [1.165, 1.54) is 0 Å². The van der Waals surface area contributed by atoms with Crippen molar-refractivity contribution in [2.45, 2.75) is 50.3 Å². The van der Waals surface area contributed by atoms with E-state index in [1.807, 2.05) is 68.4 Å². The summed E-state index contributed by atoms with van der Waals surface area (Å²) in [5.74, 6) is -1.77. The maximum Gasteiger partial charge on any atom is 0.305 e. The fraction of sp³-hybridized carbons (Fsp3) is 0.321. The molecule has 0 unspecified atom stereocenters. The zero-order valence-electron chi connectivity index (χ0n) is 19.0. The highest BCUT2D eigenvalue weighted by Crippen LogP contribution is 2.41. The molecule has 0 saturated carbocycles. The molecule has 172 valence electrons. The minimum atomic E-state index is -0.888. The summed E-state index contributed by atoms with van der Waals surface area (Å²) in [6.07, 6.45) is -0.359. The Morgan fingerprint density at radius 1 is 0.848 bits per heavy atom. The summed E-state index contributed by atoms with van der Waals surface area (Å²) in [4.78, 5) is 11.3. The molecule has 0 aliphatic carbocycles. The van der Waals surface area contributed by atoms with Gasteiger partial charge in [0.2, 0.25) is 0 Å². The lowest BCUT2D eigenvalue weighted by Crippen LogP contribution is -2.48. The van der Waals surface area contributed by atoms with Crippen molar-refractivity contribution in [1.82, 2.24) is 0 Å². The van der Waals surface area contributed by atoms with Crippen molar-refractivity contribution < 1.29 is 24.1 Å². The van der Waals surface area contributed by atoms with E-state index < -0.39 is 23.5 Å². The Hall–Kier alpha value is -2.99. The highest BCUT2D eigenvalue weighted by atomic mass is 16.7. The van der Waals surface area contributed by atoms with Crippen LogP contribution in [0.5, 0.6) is 0 Å². The van der Waals surface area contributed by atoms with Crippen molar-refractivity contribution in [1.29, 1.82) is 0 Å².